The van der Waals surface area contributed by atoms with Gasteiger partial charge in [-0.3, -0.25) is 4.57 Å². The molecule has 0 spiro atoms. The van der Waals surface area contributed by atoms with Crippen molar-refractivity contribution in [1.29, 1.82) is 0 Å². The fourth-order valence-corrected chi connectivity index (χ4v) is 2.66. The van der Waals surface area contributed by atoms with Crippen LogP contribution in [0.1, 0.15) is 19.6 Å². The van der Waals surface area contributed by atoms with Crippen LogP contribution in [0.4, 0.5) is 5.82 Å². The number of fused-ring (bicyclic) bond motifs is 1. The number of aromatic nitrogens is 4. The van der Waals surface area contributed by atoms with Crippen LogP contribution in [-0.4, -0.2) is 59.3 Å². The van der Waals surface area contributed by atoms with Crippen LogP contribution >= 0.6 is 0 Å². The molecule has 0 unspecified atom stereocenters. The molecule has 5 N–H and O–H groups in total. The average Bonchev–Trinajstić information content (AvgIpc) is 3.02. The average molecular weight is 295 g/mol. The standard InChI is InChI=1S/C12H17N5O4/c1-2-12(3-18)8(20)7(19)11(21-12)17-5-16-6-9(13)14-4-15-10(6)17/h4-5,7-8,11,18-20H,2-3H2,1H3,(H2,13,14,15)/t7-,8-,11+,12+/m0/s1. The Kier molecular flexibility index (Phi) is 3.29. The molecule has 1 aliphatic rings. The first kappa shape index (κ1) is 14.1. The van der Waals surface area contributed by atoms with E-state index in [-0.39, 0.29) is 5.82 Å². The number of hydrogen-bond donors (Lipinski definition) is 4. The third-order valence-corrected chi connectivity index (χ3v) is 4.04. The van der Waals surface area contributed by atoms with Gasteiger partial charge < -0.3 is 25.8 Å². The highest BCUT2D eigenvalue weighted by Gasteiger charge is 2.53. The first-order valence-corrected chi connectivity index (χ1v) is 6.62. The van der Waals surface area contributed by atoms with E-state index in [9.17, 15) is 15.3 Å². The summed E-state index contributed by atoms with van der Waals surface area (Å²) >= 11 is 0. The van der Waals surface area contributed by atoms with Crippen LogP contribution in [0.5, 0.6) is 0 Å². The molecule has 0 amide bonds. The number of nitrogen functional groups attached to an aromatic ring is 1. The summed E-state index contributed by atoms with van der Waals surface area (Å²) in [5.41, 5.74) is 5.29. The molecule has 4 atom stereocenters. The molecule has 1 fully saturated rings. The normalized spacial score (nSPS) is 32.9. The van der Waals surface area contributed by atoms with Crippen molar-refractivity contribution in [3.63, 3.8) is 0 Å². The van der Waals surface area contributed by atoms with Crippen LogP contribution in [0.2, 0.25) is 0 Å². The monoisotopic (exact) mass is 295 g/mol. The quantitative estimate of drug-likeness (QED) is 0.553. The Bertz CT molecular complexity index is 656. The number of aliphatic hydroxyl groups excluding tert-OH is 3. The van der Waals surface area contributed by atoms with Gasteiger partial charge in [-0.2, -0.15) is 0 Å². The summed E-state index contributed by atoms with van der Waals surface area (Å²) in [6.45, 7) is 1.36. The summed E-state index contributed by atoms with van der Waals surface area (Å²) in [6, 6.07) is 0. The predicted octanol–water partition coefficient (Wildman–Crippen LogP) is -1.20. The predicted molar refractivity (Wildman–Crippen MR) is 72.0 cm³/mol. The van der Waals surface area contributed by atoms with Crippen molar-refractivity contribution in [2.75, 3.05) is 12.3 Å². The van der Waals surface area contributed by atoms with Gasteiger partial charge in [-0.1, -0.05) is 6.92 Å². The lowest BCUT2D eigenvalue weighted by molar-refractivity contribution is -0.129. The van der Waals surface area contributed by atoms with Gasteiger partial charge >= 0.3 is 0 Å². The highest BCUT2D eigenvalue weighted by atomic mass is 16.6. The molecule has 21 heavy (non-hydrogen) atoms. The van der Waals surface area contributed by atoms with Crippen molar-refractivity contribution < 1.29 is 20.1 Å². The molecular formula is C12H17N5O4. The molecule has 0 aliphatic carbocycles. The second kappa shape index (κ2) is 4.88. The van der Waals surface area contributed by atoms with Crippen LogP contribution in [0.3, 0.4) is 0 Å². The molecule has 2 aromatic heterocycles. The third kappa shape index (κ3) is 1.89. The van der Waals surface area contributed by atoms with Gasteiger partial charge in [-0.05, 0) is 6.42 Å². The maximum absolute atomic E-state index is 10.2. The molecule has 9 nitrogen and oxygen atoms in total. The third-order valence-electron chi connectivity index (χ3n) is 4.04. The summed E-state index contributed by atoms with van der Waals surface area (Å²) in [5, 5.41) is 29.9. The minimum atomic E-state index is -1.22. The number of hydrogen-bond acceptors (Lipinski definition) is 8. The van der Waals surface area contributed by atoms with E-state index >= 15 is 0 Å². The summed E-state index contributed by atoms with van der Waals surface area (Å²) < 4.78 is 7.22. The number of rotatable bonds is 3. The Morgan fingerprint density at radius 1 is 1.38 bits per heavy atom. The molecule has 1 saturated heterocycles. The Morgan fingerprint density at radius 3 is 2.76 bits per heavy atom. The minimum absolute atomic E-state index is 0.218. The zero-order valence-electron chi connectivity index (χ0n) is 11.4. The van der Waals surface area contributed by atoms with Crippen LogP contribution in [0, 0.1) is 0 Å². The summed E-state index contributed by atoms with van der Waals surface area (Å²) in [7, 11) is 0. The second-order valence-electron chi connectivity index (χ2n) is 5.10. The molecule has 0 aromatic carbocycles. The van der Waals surface area contributed by atoms with E-state index in [1.165, 1.54) is 17.2 Å². The van der Waals surface area contributed by atoms with Crippen LogP contribution in [-0.2, 0) is 4.74 Å². The van der Waals surface area contributed by atoms with Gasteiger partial charge in [0, 0.05) is 0 Å². The van der Waals surface area contributed by atoms with Crippen LogP contribution in [0.15, 0.2) is 12.7 Å². The van der Waals surface area contributed by atoms with Crippen molar-refractivity contribution in [1.82, 2.24) is 19.5 Å². The molecule has 3 heterocycles. The highest BCUT2D eigenvalue weighted by molar-refractivity contribution is 5.81. The maximum atomic E-state index is 10.2. The van der Waals surface area contributed by atoms with Crippen molar-refractivity contribution in [2.24, 2.45) is 0 Å². The van der Waals surface area contributed by atoms with Crippen molar-refractivity contribution in [3.05, 3.63) is 12.7 Å². The molecule has 3 rings (SSSR count). The van der Waals surface area contributed by atoms with E-state index in [1.807, 2.05) is 0 Å². The van der Waals surface area contributed by atoms with Gasteiger partial charge in [-0.15, -0.1) is 0 Å². The summed E-state index contributed by atoms with van der Waals surface area (Å²) in [6.07, 6.45) is -0.292. The van der Waals surface area contributed by atoms with E-state index in [4.69, 9.17) is 10.5 Å². The van der Waals surface area contributed by atoms with E-state index < -0.39 is 30.6 Å². The number of anilines is 1. The molecule has 0 bridgehead atoms. The Morgan fingerprint density at radius 2 is 2.14 bits per heavy atom. The molecule has 0 radical (unpaired) electrons. The molecule has 2 aromatic rings. The van der Waals surface area contributed by atoms with E-state index in [2.05, 4.69) is 15.0 Å². The van der Waals surface area contributed by atoms with Gasteiger partial charge in [0.05, 0.1) is 12.9 Å². The Hall–Kier alpha value is -1.81. The lowest BCUT2D eigenvalue weighted by Gasteiger charge is -2.28. The Balaban J connectivity index is 2.06. The molecular weight excluding hydrogens is 278 g/mol. The van der Waals surface area contributed by atoms with Crippen molar-refractivity contribution in [2.45, 2.75) is 37.4 Å². The molecule has 1 aliphatic heterocycles. The summed E-state index contributed by atoms with van der Waals surface area (Å²) in [4.78, 5) is 12.0. The van der Waals surface area contributed by atoms with E-state index in [0.717, 1.165) is 0 Å². The van der Waals surface area contributed by atoms with Gasteiger partial charge in [0.15, 0.2) is 17.7 Å². The van der Waals surface area contributed by atoms with Gasteiger partial charge in [0.25, 0.3) is 0 Å². The van der Waals surface area contributed by atoms with Gasteiger partial charge in [0.2, 0.25) is 0 Å². The largest absolute Gasteiger partial charge is 0.393 e. The van der Waals surface area contributed by atoms with Crippen molar-refractivity contribution in [3.8, 4) is 0 Å². The first-order valence-electron chi connectivity index (χ1n) is 6.62. The zero-order chi connectivity index (χ0) is 15.2. The van der Waals surface area contributed by atoms with Crippen LogP contribution < -0.4 is 5.73 Å². The first-order chi connectivity index (χ1) is 10.0. The Labute approximate surface area is 120 Å². The fourth-order valence-electron chi connectivity index (χ4n) is 2.66. The second-order valence-corrected chi connectivity index (χ2v) is 5.10. The van der Waals surface area contributed by atoms with Crippen LogP contribution in [0.25, 0.3) is 11.2 Å². The van der Waals surface area contributed by atoms with Gasteiger partial charge in [0.1, 0.15) is 29.7 Å². The number of imidazole rings is 1. The minimum Gasteiger partial charge on any atom is -0.393 e. The number of nitrogens with two attached hydrogens (primary N) is 1. The maximum Gasteiger partial charge on any atom is 0.167 e. The number of aliphatic hydroxyl groups is 3. The lowest BCUT2D eigenvalue weighted by Crippen LogP contribution is -2.45. The summed E-state index contributed by atoms with van der Waals surface area (Å²) in [5.74, 6) is 0.218. The highest BCUT2D eigenvalue weighted by Crippen LogP contribution is 2.40. The molecule has 9 heteroatoms. The van der Waals surface area contributed by atoms with Crippen molar-refractivity contribution >= 4 is 17.0 Å². The number of ether oxygens (including phenoxy) is 1. The molecule has 0 saturated carbocycles. The smallest absolute Gasteiger partial charge is 0.167 e. The molecule has 114 valence electrons. The lowest BCUT2D eigenvalue weighted by atomic mass is 9.93. The van der Waals surface area contributed by atoms with E-state index in [0.29, 0.717) is 17.6 Å². The SMILES string of the molecule is CC[C@]1(CO)O[C@@H](n2cnc3c(N)ncnc32)[C@@H](O)[C@@H]1O. The van der Waals surface area contributed by atoms with Gasteiger partial charge in [-0.25, -0.2) is 15.0 Å². The zero-order valence-corrected chi connectivity index (χ0v) is 11.4. The number of nitrogens with zero attached hydrogens (tertiary/aromatic N) is 4. The topological polar surface area (TPSA) is 140 Å². The fraction of sp³-hybridized carbons (Fsp3) is 0.583. The van der Waals surface area contributed by atoms with E-state index in [1.54, 1.807) is 6.92 Å².